The molecule has 0 aliphatic carbocycles. The molecular weight excluding hydrogens is 368 g/mol. The van der Waals surface area contributed by atoms with Crippen molar-refractivity contribution in [1.82, 2.24) is 9.97 Å². The standard InChI is InChI=1S/C22H18N4O3/c1-29-17-9-7-15(8-10-17)25-22(28)26-16-5-2-4-14(12-16)20(27)19-13-24-21-18(19)6-3-11-23-21/h2-13H,1H3,(H,23,24)(H2,25,26,28). The number of pyridine rings is 1. The lowest BCUT2D eigenvalue weighted by atomic mass is 10.0. The van der Waals surface area contributed by atoms with Crippen LogP contribution in [-0.4, -0.2) is 28.9 Å². The number of benzene rings is 2. The smallest absolute Gasteiger partial charge is 0.323 e. The summed E-state index contributed by atoms with van der Waals surface area (Å²) in [5.41, 5.74) is 2.80. The van der Waals surface area contributed by atoms with Gasteiger partial charge >= 0.3 is 6.03 Å². The molecule has 4 rings (SSSR count). The van der Waals surface area contributed by atoms with Gasteiger partial charge in [-0.2, -0.15) is 0 Å². The predicted molar refractivity (Wildman–Crippen MR) is 112 cm³/mol. The minimum absolute atomic E-state index is 0.150. The Morgan fingerprint density at radius 3 is 2.55 bits per heavy atom. The number of carbonyl (C=O) groups excluding carboxylic acids is 2. The van der Waals surface area contributed by atoms with Crippen molar-refractivity contribution in [1.29, 1.82) is 0 Å². The number of amides is 2. The molecule has 2 heterocycles. The maximum Gasteiger partial charge on any atom is 0.323 e. The molecule has 7 nitrogen and oxygen atoms in total. The molecule has 0 radical (unpaired) electrons. The van der Waals surface area contributed by atoms with Crippen LogP contribution >= 0.6 is 0 Å². The van der Waals surface area contributed by atoms with Crippen LogP contribution in [0.4, 0.5) is 16.2 Å². The molecule has 2 aromatic carbocycles. The zero-order valence-corrected chi connectivity index (χ0v) is 15.6. The van der Waals surface area contributed by atoms with E-state index in [4.69, 9.17) is 4.74 Å². The Kier molecular flexibility index (Phi) is 4.94. The summed E-state index contributed by atoms with van der Waals surface area (Å²) in [6, 6.07) is 17.0. The second kappa shape index (κ2) is 7.85. The lowest BCUT2D eigenvalue weighted by molar-refractivity contribution is 0.104. The summed E-state index contributed by atoms with van der Waals surface area (Å²) in [5, 5.41) is 6.24. The summed E-state index contributed by atoms with van der Waals surface area (Å²) >= 11 is 0. The molecule has 2 amide bonds. The Morgan fingerprint density at radius 2 is 1.76 bits per heavy atom. The predicted octanol–water partition coefficient (Wildman–Crippen LogP) is 4.45. The number of H-pyrrole nitrogens is 1. The van der Waals surface area contributed by atoms with Gasteiger partial charge in [-0.3, -0.25) is 4.79 Å². The molecule has 3 N–H and O–H groups in total. The first kappa shape index (κ1) is 18.2. The number of hydrogen-bond donors (Lipinski definition) is 3. The molecule has 0 atom stereocenters. The van der Waals surface area contributed by atoms with E-state index in [2.05, 4.69) is 20.6 Å². The number of nitrogens with one attached hydrogen (secondary N) is 3. The molecule has 0 bridgehead atoms. The lowest BCUT2D eigenvalue weighted by Gasteiger charge is -2.09. The van der Waals surface area contributed by atoms with Crippen LogP contribution in [0.3, 0.4) is 0 Å². The third kappa shape index (κ3) is 3.93. The molecule has 0 spiro atoms. The molecule has 2 aromatic heterocycles. The first-order chi connectivity index (χ1) is 14.1. The number of anilines is 2. The summed E-state index contributed by atoms with van der Waals surface area (Å²) in [4.78, 5) is 32.4. The first-order valence-electron chi connectivity index (χ1n) is 8.93. The topological polar surface area (TPSA) is 96.1 Å². The number of rotatable bonds is 5. The largest absolute Gasteiger partial charge is 0.497 e. The van der Waals surface area contributed by atoms with Crippen molar-refractivity contribution in [2.24, 2.45) is 0 Å². The molecule has 29 heavy (non-hydrogen) atoms. The number of fused-ring (bicyclic) bond motifs is 1. The van der Waals surface area contributed by atoms with Crippen LogP contribution in [0.5, 0.6) is 5.75 Å². The number of ketones is 1. The van der Waals surface area contributed by atoms with Gasteiger partial charge in [0, 0.05) is 40.3 Å². The van der Waals surface area contributed by atoms with Crippen molar-refractivity contribution >= 4 is 34.2 Å². The molecule has 4 aromatic rings. The maximum atomic E-state index is 12.9. The number of aromatic nitrogens is 2. The minimum atomic E-state index is -0.406. The van der Waals surface area contributed by atoms with E-state index in [-0.39, 0.29) is 5.78 Å². The summed E-state index contributed by atoms with van der Waals surface area (Å²) < 4.78 is 5.10. The second-order valence-corrected chi connectivity index (χ2v) is 6.32. The minimum Gasteiger partial charge on any atom is -0.497 e. The lowest BCUT2D eigenvalue weighted by Crippen LogP contribution is -2.19. The number of ether oxygens (including phenoxy) is 1. The average molecular weight is 386 g/mol. The van der Waals surface area contributed by atoms with Crippen LogP contribution in [-0.2, 0) is 0 Å². The fourth-order valence-electron chi connectivity index (χ4n) is 3.01. The Labute approximate surface area is 166 Å². The summed E-state index contributed by atoms with van der Waals surface area (Å²) in [6.45, 7) is 0. The van der Waals surface area contributed by atoms with Gasteiger partial charge in [-0.05, 0) is 48.5 Å². The number of carbonyl (C=O) groups is 2. The van der Waals surface area contributed by atoms with E-state index in [0.29, 0.717) is 33.9 Å². The van der Waals surface area contributed by atoms with Crippen LogP contribution in [0.25, 0.3) is 11.0 Å². The quantitative estimate of drug-likeness (QED) is 0.442. The molecule has 7 heteroatoms. The van der Waals surface area contributed by atoms with Gasteiger partial charge < -0.3 is 20.4 Å². The van der Waals surface area contributed by atoms with E-state index in [1.807, 2.05) is 6.07 Å². The van der Waals surface area contributed by atoms with E-state index in [9.17, 15) is 9.59 Å². The number of urea groups is 1. The monoisotopic (exact) mass is 386 g/mol. The van der Waals surface area contributed by atoms with Gasteiger partial charge in [0.2, 0.25) is 0 Å². The number of aromatic amines is 1. The Morgan fingerprint density at radius 1 is 0.966 bits per heavy atom. The van der Waals surface area contributed by atoms with Crippen LogP contribution < -0.4 is 15.4 Å². The van der Waals surface area contributed by atoms with Gasteiger partial charge in [0.1, 0.15) is 11.4 Å². The summed E-state index contributed by atoms with van der Waals surface area (Å²) in [6.07, 6.45) is 3.32. The van der Waals surface area contributed by atoms with Crippen LogP contribution in [0, 0.1) is 0 Å². The van der Waals surface area contributed by atoms with E-state index in [1.165, 1.54) is 0 Å². The molecule has 0 saturated carbocycles. The molecule has 0 fully saturated rings. The average Bonchev–Trinajstić information content (AvgIpc) is 3.18. The summed E-state index contributed by atoms with van der Waals surface area (Å²) in [7, 11) is 1.58. The van der Waals surface area contributed by atoms with E-state index >= 15 is 0 Å². The highest BCUT2D eigenvalue weighted by atomic mass is 16.5. The van der Waals surface area contributed by atoms with Gasteiger partial charge in [0.15, 0.2) is 5.78 Å². The third-order valence-electron chi connectivity index (χ3n) is 4.43. The fourth-order valence-corrected chi connectivity index (χ4v) is 3.01. The van der Waals surface area contributed by atoms with Crippen LogP contribution in [0.1, 0.15) is 15.9 Å². The number of nitrogens with zero attached hydrogens (tertiary/aromatic N) is 1. The highest BCUT2D eigenvalue weighted by Crippen LogP contribution is 2.21. The Bertz CT molecular complexity index is 1180. The molecule has 0 saturated heterocycles. The molecule has 144 valence electrons. The highest BCUT2D eigenvalue weighted by molar-refractivity contribution is 6.16. The highest BCUT2D eigenvalue weighted by Gasteiger charge is 2.15. The first-order valence-corrected chi connectivity index (χ1v) is 8.93. The van der Waals surface area contributed by atoms with Gasteiger partial charge in [0.25, 0.3) is 0 Å². The summed E-state index contributed by atoms with van der Waals surface area (Å²) in [5.74, 6) is 0.554. The molecule has 0 aliphatic rings. The van der Waals surface area contributed by atoms with Crippen molar-refractivity contribution in [3.8, 4) is 5.75 Å². The van der Waals surface area contributed by atoms with Crippen molar-refractivity contribution in [3.05, 3.63) is 84.2 Å². The van der Waals surface area contributed by atoms with Gasteiger partial charge in [-0.15, -0.1) is 0 Å². The molecule has 0 unspecified atom stereocenters. The van der Waals surface area contributed by atoms with E-state index in [0.717, 1.165) is 5.39 Å². The van der Waals surface area contributed by atoms with Crippen molar-refractivity contribution < 1.29 is 14.3 Å². The number of methoxy groups -OCH3 is 1. The van der Waals surface area contributed by atoms with Gasteiger partial charge in [-0.25, -0.2) is 9.78 Å². The van der Waals surface area contributed by atoms with Crippen LogP contribution in [0.2, 0.25) is 0 Å². The van der Waals surface area contributed by atoms with Crippen molar-refractivity contribution in [3.63, 3.8) is 0 Å². The van der Waals surface area contributed by atoms with Crippen molar-refractivity contribution in [2.75, 3.05) is 17.7 Å². The van der Waals surface area contributed by atoms with Crippen molar-refractivity contribution in [2.45, 2.75) is 0 Å². The zero-order chi connectivity index (χ0) is 20.2. The SMILES string of the molecule is COc1ccc(NC(=O)Nc2cccc(C(=O)c3c[nH]c4ncccc34)c2)cc1. The fraction of sp³-hybridized carbons (Fsp3) is 0.0455. The van der Waals surface area contributed by atoms with Gasteiger partial charge in [-0.1, -0.05) is 12.1 Å². The second-order valence-electron chi connectivity index (χ2n) is 6.32. The Balaban J connectivity index is 1.49. The Hall–Kier alpha value is -4.13. The van der Waals surface area contributed by atoms with Crippen LogP contribution in [0.15, 0.2) is 73.1 Å². The van der Waals surface area contributed by atoms with E-state index < -0.39 is 6.03 Å². The van der Waals surface area contributed by atoms with E-state index in [1.54, 1.807) is 74.1 Å². The maximum absolute atomic E-state index is 12.9. The normalized spacial score (nSPS) is 10.5. The number of hydrogen-bond acceptors (Lipinski definition) is 4. The molecular formula is C22H18N4O3. The molecule has 0 aliphatic heterocycles. The van der Waals surface area contributed by atoms with Gasteiger partial charge in [0.05, 0.1) is 7.11 Å². The zero-order valence-electron chi connectivity index (χ0n) is 15.6. The third-order valence-corrected chi connectivity index (χ3v) is 4.43.